The fourth-order valence-corrected chi connectivity index (χ4v) is 4.08. The quantitative estimate of drug-likeness (QED) is 0.876. The third-order valence-corrected chi connectivity index (χ3v) is 5.50. The molecule has 5 heteroatoms. The van der Waals surface area contributed by atoms with Gasteiger partial charge in [0.25, 0.3) is 0 Å². The van der Waals surface area contributed by atoms with Gasteiger partial charge in [-0.3, -0.25) is 4.98 Å². The summed E-state index contributed by atoms with van der Waals surface area (Å²) in [5.74, 6) is 0. The first kappa shape index (κ1) is 14.7. The fraction of sp³-hybridized carbons (Fsp3) is 0.444. The lowest BCUT2D eigenvalue weighted by Gasteiger charge is -2.24. The Morgan fingerprint density at radius 3 is 2.70 bits per heavy atom. The van der Waals surface area contributed by atoms with Gasteiger partial charge in [0, 0.05) is 30.7 Å². The van der Waals surface area contributed by atoms with E-state index in [1.165, 1.54) is 29.8 Å². The van der Waals surface area contributed by atoms with Crippen LogP contribution in [0.5, 0.6) is 0 Å². The highest BCUT2D eigenvalue weighted by Gasteiger charge is 2.40. The maximum Gasteiger partial charge on any atom is 0.169 e. The molecule has 1 N–H and O–H groups in total. The van der Waals surface area contributed by atoms with Crippen LogP contribution in [-0.2, 0) is 0 Å². The molecule has 3 heterocycles. The van der Waals surface area contributed by atoms with Gasteiger partial charge in [0.15, 0.2) is 5.11 Å². The molecular weight excluding hydrogens is 304 g/mol. The number of aryl methyl sites for hydroxylation is 1. The molecule has 4 rings (SSSR count). The average molecular weight is 326 g/mol. The van der Waals surface area contributed by atoms with Gasteiger partial charge >= 0.3 is 0 Å². The standard InChI is InChI=1S/C18H22N4S/c1-11-10-14(12(2)22(11)13-7-8-13)17-16(20-18(23)21(17)3)15-6-4-5-9-19-15/h4-6,9-10,13,16-17H,7-8H2,1-3H3,(H,20,23)/t16-,17-/m1/s1. The van der Waals surface area contributed by atoms with Gasteiger partial charge in [-0.25, -0.2) is 0 Å². The van der Waals surface area contributed by atoms with E-state index in [4.69, 9.17) is 12.2 Å². The van der Waals surface area contributed by atoms with Crippen molar-refractivity contribution >= 4 is 17.3 Å². The zero-order valence-corrected chi connectivity index (χ0v) is 14.6. The summed E-state index contributed by atoms with van der Waals surface area (Å²) in [5, 5.41) is 4.25. The first-order valence-electron chi connectivity index (χ1n) is 8.20. The van der Waals surface area contributed by atoms with Crippen molar-refractivity contribution in [2.24, 2.45) is 0 Å². The molecule has 2 atom stereocenters. The van der Waals surface area contributed by atoms with Crippen LogP contribution in [0.25, 0.3) is 0 Å². The van der Waals surface area contributed by atoms with Gasteiger partial charge in [0.2, 0.25) is 0 Å². The molecule has 1 saturated heterocycles. The predicted molar refractivity (Wildman–Crippen MR) is 95.4 cm³/mol. The fourth-order valence-electron chi connectivity index (χ4n) is 3.84. The zero-order chi connectivity index (χ0) is 16.1. The summed E-state index contributed by atoms with van der Waals surface area (Å²) in [5.41, 5.74) is 5.13. The summed E-state index contributed by atoms with van der Waals surface area (Å²) in [4.78, 5) is 6.73. The molecule has 0 amide bonds. The molecule has 2 aliphatic rings. The van der Waals surface area contributed by atoms with Gasteiger partial charge in [-0.2, -0.15) is 0 Å². The van der Waals surface area contributed by atoms with Gasteiger partial charge in [0.1, 0.15) is 0 Å². The van der Waals surface area contributed by atoms with Gasteiger partial charge in [-0.15, -0.1) is 0 Å². The molecule has 0 spiro atoms. The van der Waals surface area contributed by atoms with E-state index in [1.807, 2.05) is 18.3 Å². The van der Waals surface area contributed by atoms with Gasteiger partial charge in [-0.05, 0) is 62.7 Å². The van der Waals surface area contributed by atoms with Crippen LogP contribution < -0.4 is 5.32 Å². The molecule has 0 aromatic carbocycles. The molecule has 0 radical (unpaired) electrons. The number of thiocarbonyl (C=S) groups is 1. The second kappa shape index (κ2) is 5.34. The number of nitrogens with one attached hydrogen (secondary N) is 1. The molecule has 0 unspecified atom stereocenters. The Bertz CT molecular complexity index is 748. The smallest absolute Gasteiger partial charge is 0.169 e. The van der Waals surface area contributed by atoms with Crippen LogP contribution in [0.15, 0.2) is 30.5 Å². The SMILES string of the molecule is Cc1cc([C@@H]2[C@@H](c3ccccn3)NC(=S)N2C)c(C)n1C1CC1. The second-order valence-corrected chi connectivity index (χ2v) is 7.05. The van der Waals surface area contributed by atoms with E-state index in [0.717, 1.165) is 10.8 Å². The molecule has 0 bridgehead atoms. The second-order valence-electron chi connectivity index (χ2n) is 6.67. The number of nitrogens with zero attached hydrogens (tertiary/aromatic N) is 3. The van der Waals surface area contributed by atoms with Crippen molar-refractivity contribution in [3.8, 4) is 0 Å². The first-order valence-corrected chi connectivity index (χ1v) is 8.61. The van der Waals surface area contributed by atoms with E-state index in [-0.39, 0.29) is 12.1 Å². The minimum atomic E-state index is 0.0989. The topological polar surface area (TPSA) is 33.1 Å². The van der Waals surface area contributed by atoms with E-state index in [9.17, 15) is 0 Å². The average Bonchev–Trinajstić information content (AvgIpc) is 3.28. The molecule has 1 saturated carbocycles. The Morgan fingerprint density at radius 1 is 1.26 bits per heavy atom. The largest absolute Gasteiger partial charge is 0.352 e. The van der Waals surface area contributed by atoms with Crippen LogP contribution in [-0.4, -0.2) is 26.6 Å². The molecule has 1 aliphatic heterocycles. The lowest BCUT2D eigenvalue weighted by Crippen LogP contribution is -2.25. The van der Waals surface area contributed by atoms with E-state index < -0.39 is 0 Å². The normalized spacial score (nSPS) is 24.1. The molecular formula is C18H22N4S. The Labute approximate surface area is 142 Å². The van der Waals surface area contributed by atoms with Crippen molar-refractivity contribution in [3.63, 3.8) is 0 Å². The van der Waals surface area contributed by atoms with Crippen LogP contribution >= 0.6 is 12.2 Å². The molecule has 1 aliphatic carbocycles. The van der Waals surface area contributed by atoms with Crippen molar-refractivity contribution in [2.75, 3.05) is 7.05 Å². The summed E-state index contributed by atoms with van der Waals surface area (Å²) < 4.78 is 2.50. The number of likely N-dealkylation sites (N-methyl/N-ethyl adjacent to an activating group) is 1. The lowest BCUT2D eigenvalue weighted by molar-refractivity contribution is 0.366. The number of hydrogen-bond acceptors (Lipinski definition) is 2. The highest BCUT2D eigenvalue weighted by Crippen LogP contribution is 2.43. The van der Waals surface area contributed by atoms with Crippen molar-refractivity contribution in [1.29, 1.82) is 0 Å². The maximum atomic E-state index is 5.52. The number of aromatic nitrogens is 2. The van der Waals surface area contributed by atoms with Crippen LogP contribution in [0.4, 0.5) is 0 Å². The number of rotatable bonds is 3. The predicted octanol–water partition coefficient (Wildman–Crippen LogP) is 3.44. The molecule has 4 nitrogen and oxygen atoms in total. The Kier molecular flexibility index (Phi) is 3.41. The molecule has 2 aromatic rings. The van der Waals surface area contributed by atoms with Gasteiger partial charge < -0.3 is 14.8 Å². The maximum absolute atomic E-state index is 5.52. The van der Waals surface area contributed by atoms with Gasteiger partial charge in [-0.1, -0.05) is 6.07 Å². The molecule has 2 aromatic heterocycles. The highest BCUT2D eigenvalue weighted by atomic mass is 32.1. The Morgan fingerprint density at radius 2 is 2.04 bits per heavy atom. The first-order chi connectivity index (χ1) is 11.1. The zero-order valence-electron chi connectivity index (χ0n) is 13.8. The van der Waals surface area contributed by atoms with E-state index >= 15 is 0 Å². The minimum absolute atomic E-state index is 0.0989. The number of pyridine rings is 1. The highest BCUT2D eigenvalue weighted by molar-refractivity contribution is 7.80. The third kappa shape index (κ3) is 2.34. The monoisotopic (exact) mass is 326 g/mol. The summed E-state index contributed by atoms with van der Waals surface area (Å²) in [6, 6.07) is 9.39. The summed E-state index contributed by atoms with van der Waals surface area (Å²) in [6.45, 7) is 4.45. The third-order valence-electron chi connectivity index (χ3n) is 5.09. The van der Waals surface area contributed by atoms with Crippen molar-refractivity contribution in [2.45, 2.75) is 44.8 Å². The van der Waals surface area contributed by atoms with E-state index in [0.29, 0.717) is 6.04 Å². The van der Waals surface area contributed by atoms with Crippen LogP contribution in [0.1, 0.15) is 53.6 Å². The van der Waals surface area contributed by atoms with Crippen molar-refractivity contribution in [1.82, 2.24) is 19.8 Å². The number of hydrogen-bond donors (Lipinski definition) is 1. The Balaban J connectivity index is 1.79. The van der Waals surface area contributed by atoms with Crippen molar-refractivity contribution in [3.05, 3.63) is 53.1 Å². The molecule has 2 fully saturated rings. The van der Waals surface area contributed by atoms with Crippen molar-refractivity contribution < 1.29 is 0 Å². The van der Waals surface area contributed by atoms with Gasteiger partial charge in [0.05, 0.1) is 17.8 Å². The lowest BCUT2D eigenvalue weighted by atomic mass is 9.97. The van der Waals surface area contributed by atoms with E-state index in [2.05, 4.69) is 52.8 Å². The molecule has 120 valence electrons. The van der Waals surface area contributed by atoms with Crippen LogP contribution in [0, 0.1) is 13.8 Å². The summed E-state index contributed by atoms with van der Waals surface area (Å²) in [6.07, 6.45) is 4.45. The van der Waals surface area contributed by atoms with Crippen LogP contribution in [0.2, 0.25) is 0 Å². The summed E-state index contributed by atoms with van der Waals surface area (Å²) >= 11 is 5.52. The summed E-state index contributed by atoms with van der Waals surface area (Å²) in [7, 11) is 2.08. The van der Waals surface area contributed by atoms with Crippen LogP contribution in [0.3, 0.4) is 0 Å². The van der Waals surface area contributed by atoms with E-state index in [1.54, 1.807) is 0 Å². The molecule has 23 heavy (non-hydrogen) atoms. The minimum Gasteiger partial charge on any atom is -0.352 e. The Hall–Kier alpha value is -1.88.